The lowest BCUT2D eigenvalue weighted by Gasteiger charge is -2.42. The summed E-state index contributed by atoms with van der Waals surface area (Å²) in [6, 6.07) is 25.0. The Bertz CT molecular complexity index is 912. The summed E-state index contributed by atoms with van der Waals surface area (Å²) in [5.41, 5.74) is 2.81. The topological polar surface area (TPSA) is 32.3 Å². The molecule has 144 valence electrons. The molecule has 0 aromatic heterocycles. The zero-order valence-electron chi connectivity index (χ0n) is 15.9. The second-order valence-corrected chi connectivity index (χ2v) is 7.61. The molecule has 3 aromatic rings. The summed E-state index contributed by atoms with van der Waals surface area (Å²) in [7, 11) is 0. The zero-order chi connectivity index (χ0) is 19.4. The van der Waals surface area contributed by atoms with Crippen LogP contribution in [0.2, 0.25) is 0 Å². The first kappa shape index (κ1) is 18.9. The standard InChI is InChI=1S/C25H26FNO/c26-23-13-14-24-20(17-23)11-12-22(25(24,28)21-9-5-2-6-10-21)18-27-16-15-19-7-3-1-4-8-19/h1-10,13-14,17,22,27-28H,11-12,15-16,18H2. The number of rotatable bonds is 6. The van der Waals surface area contributed by atoms with E-state index < -0.39 is 5.60 Å². The molecule has 1 aliphatic carbocycles. The molecule has 3 heteroatoms. The summed E-state index contributed by atoms with van der Waals surface area (Å²) in [6.45, 7) is 1.58. The molecular weight excluding hydrogens is 349 g/mol. The molecule has 0 heterocycles. The van der Waals surface area contributed by atoms with Gasteiger partial charge in [0, 0.05) is 12.5 Å². The van der Waals surface area contributed by atoms with Crippen LogP contribution in [0.4, 0.5) is 4.39 Å². The van der Waals surface area contributed by atoms with Gasteiger partial charge >= 0.3 is 0 Å². The van der Waals surface area contributed by atoms with E-state index in [1.807, 2.05) is 36.4 Å². The molecule has 28 heavy (non-hydrogen) atoms. The van der Waals surface area contributed by atoms with E-state index in [1.165, 1.54) is 11.6 Å². The molecule has 2 nitrogen and oxygen atoms in total. The highest BCUT2D eigenvalue weighted by Crippen LogP contribution is 2.44. The lowest BCUT2D eigenvalue weighted by atomic mass is 9.68. The molecule has 0 amide bonds. The Morgan fingerprint density at radius 1 is 0.964 bits per heavy atom. The van der Waals surface area contributed by atoms with Gasteiger partial charge in [-0.1, -0.05) is 66.7 Å². The van der Waals surface area contributed by atoms with Gasteiger partial charge in [-0.3, -0.25) is 0 Å². The van der Waals surface area contributed by atoms with Gasteiger partial charge in [0.1, 0.15) is 11.4 Å². The molecular formula is C25H26FNO. The maximum absolute atomic E-state index is 13.8. The molecule has 0 radical (unpaired) electrons. The summed E-state index contributed by atoms with van der Waals surface area (Å²) in [5, 5.41) is 15.4. The smallest absolute Gasteiger partial charge is 0.123 e. The molecule has 0 fully saturated rings. The number of benzene rings is 3. The first-order chi connectivity index (χ1) is 13.7. The molecule has 2 atom stereocenters. The fraction of sp³-hybridized carbons (Fsp3) is 0.280. The highest BCUT2D eigenvalue weighted by molar-refractivity contribution is 5.44. The predicted molar refractivity (Wildman–Crippen MR) is 111 cm³/mol. The van der Waals surface area contributed by atoms with Crippen molar-refractivity contribution < 1.29 is 9.50 Å². The van der Waals surface area contributed by atoms with E-state index in [0.717, 1.165) is 49.0 Å². The lowest BCUT2D eigenvalue weighted by Crippen LogP contribution is -2.45. The van der Waals surface area contributed by atoms with Crippen molar-refractivity contribution in [3.63, 3.8) is 0 Å². The van der Waals surface area contributed by atoms with E-state index in [9.17, 15) is 9.50 Å². The van der Waals surface area contributed by atoms with E-state index >= 15 is 0 Å². The van der Waals surface area contributed by atoms with Gasteiger partial charge in [0.2, 0.25) is 0 Å². The zero-order valence-corrected chi connectivity index (χ0v) is 15.9. The number of fused-ring (bicyclic) bond motifs is 1. The summed E-state index contributed by atoms with van der Waals surface area (Å²) in [5.74, 6) is -0.211. The number of nitrogens with one attached hydrogen (secondary N) is 1. The normalized spacial score (nSPS) is 21.3. The third-order valence-electron chi connectivity index (χ3n) is 5.87. The molecule has 2 unspecified atom stereocenters. The van der Waals surface area contributed by atoms with Gasteiger partial charge in [0.05, 0.1) is 0 Å². The SMILES string of the molecule is OC1(c2ccccc2)c2ccc(F)cc2CCC1CNCCc1ccccc1. The molecule has 0 spiro atoms. The number of aliphatic hydroxyl groups is 1. The van der Waals surface area contributed by atoms with Crippen molar-refractivity contribution in [1.29, 1.82) is 0 Å². The van der Waals surface area contributed by atoms with Crippen LogP contribution in [-0.2, 0) is 18.4 Å². The Morgan fingerprint density at radius 2 is 1.68 bits per heavy atom. The van der Waals surface area contributed by atoms with Gasteiger partial charge in [-0.25, -0.2) is 4.39 Å². The van der Waals surface area contributed by atoms with Crippen LogP contribution in [0.1, 0.15) is 28.7 Å². The third-order valence-corrected chi connectivity index (χ3v) is 5.87. The fourth-order valence-electron chi connectivity index (χ4n) is 4.39. The van der Waals surface area contributed by atoms with E-state index in [1.54, 1.807) is 12.1 Å². The van der Waals surface area contributed by atoms with Crippen molar-refractivity contribution in [3.05, 3.63) is 107 Å². The quantitative estimate of drug-likeness (QED) is 0.624. The summed E-state index contributed by atoms with van der Waals surface area (Å²) in [4.78, 5) is 0. The number of hydrogen-bond acceptors (Lipinski definition) is 2. The Kier molecular flexibility index (Phi) is 5.56. The largest absolute Gasteiger partial charge is 0.380 e. The monoisotopic (exact) mass is 375 g/mol. The molecule has 4 rings (SSSR count). The van der Waals surface area contributed by atoms with Gasteiger partial charge in [0.15, 0.2) is 0 Å². The summed E-state index contributed by atoms with van der Waals surface area (Å²) < 4.78 is 13.8. The molecule has 3 aromatic carbocycles. The maximum atomic E-state index is 13.8. The molecule has 0 saturated carbocycles. The second-order valence-electron chi connectivity index (χ2n) is 7.61. The first-order valence-electron chi connectivity index (χ1n) is 9.99. The van der Waals surface area contributed by atoms with E-state index in [-0.39, 0.29) is 11.7 Å². The third kappa shape index (κ3) is 3.73. The van der Waals surface area contributed by atoms with Crippen molar-refractivity contribution in [3.8, 4) is 0 Å². The van der Waals surface area contributed by atoms with Gasteiger partial charge in [-0.2, -0.15) is 0 Å². The van der Waals surface area contributed by atoms with Crippen LogP contribution in [0.3, 0.4) is 0 Å². The average Bonchev–Trinajstić information content (AvgIpc) is 2.74. The number of halogens is 1. The minimum atomic E-state index is -1.11. The van der Waals surface area contributed by atoms with Gasteiger partial charge in [0.25, 0.3) is 0 Å². The second kappa shape index (κ2) is 8.26. The molecule has 0 bridgehead atoms. The van der Waals surface area contributed by atoms with E-state index in [4.69, 9.17) is 0 Å². The van der Waals surface area contributed by atoms with Gasteiger partial charge in [-0.15, -0.1) is 0 Å². The summed E-state index contributed by atoms with van der Waals surface area (Å²) in [6.07, 6.45) is 2.56. The van der Waals surface area contributed by atoms with Crippen LogP contribution in [0.25, 0.3) is 0 Å². The first-order valence-corrected chi connectivity index (χ1v) is 9.99. The van der Waals surface area contributed by atoms with Crippen LogP contribution in [-0.4, -0.2) is 18.2 Å². The fourth-order valence-corrected chi connectivity index (χ4v) is 4.39. The number of hydrogen-bond donors (Lipinski definition) is 2. The maximum Gasteiger partial charge on any atom is 0.123 e. The van der Waals surface area contributed by atoms with Crippen LogP contribution < -0.4 is 5.32 Å². The lowest BCUT2D eigenvalue weighted by molar-refractivity contribution is 0.00441. The predicted octanol–water partition coefficient (Wildman–Crippen LogP) is 4.46. The van der Waals surface area contributed by atoms with Crippen molar-refractivity contribution in [1.82, 2.24) is 5.32 Å². The van der Waals surface area contributed by atoms with E-state index in [2.05, 4.69) is 29.6 Å². The van der Waals surface area contributed by atoms with E-state index in [0.29, 0.717) is 0 Å². The molecule has 0 aliphatic heterocycles. The average molecular weight is 375 g/mol. The van der Waals surface area contributed by atoms with Crippen LogP contribution in [0.15, 0.2) is 78.9 Å². The minimum absolute atomic E-state index is 0.0311. The van der Waals surface area contributed by atoms with Crippen molar-refractivity contribution in [2.24, 2.45) is 5.92 Å². The highest BCUT2D eigenvalue weighted by Gasteiger charge is 2.43. The minimum Gasteiger partial charge on any atom is -0.380 e. The van der Waals surface area contributed by atoms with Crippen LogP contribution >= 0.6 is 0 Å². The van der Waals surface area contributed by atoms with Crippen molar-refractivity contribution in [2.45, 2.75) is 24.9 Å². The van der Waals surface area contributed by atoms with Crippen molar-refractivity contribution in [2.75, 3.05) is 13.1 Å². The van der Waals surface area contributed by atoms with Crippen molar-refractivity contribution >= 4 is 0 Å². The Labute approximate surface area is 166 Å². The summed E-state index contributed by atoms with van der Waals surface area (Å²) >= 11 is 0. The number of aryl methyl sites for hydroxylation is 1. The van der Waals surface area contributed by atoms with Crippen LogP contribution in [0.5, 0.6) is 0 Å². The Balaban J connectivity index is 1.55. The molecule has 2 N–H and O–H groups in total. The van der Waals surface area contributed by atoms with Crippen LogP contribution in [0, 0.1) is 11.7 Å². The Morgan fingerprint density at radius 3 is 2.43 bits per heavy atom. The van der Waals surface area contributed by atoms with Gasteiger partial charge < -0.3 is 10.4 Å². The van der Waals surface area contributed by atoms with Gasteiger partial charge in [-0.05, 0) is 60.2 Å². The Hall–Kier alpha value is -2.49. The molecule has 1 aliphatic rings. The highest BCUT2D eigenvalue weighted by atomic mass is 19.1. The molecule has 0 saturated heterocycles.